The molecule has 5 heteroatoms. The van der Waals surface area contributed by atoms with E-state index in [2.05, 4.69) is 5.32 Å². The third-order valence-corrected chi connectivity index (χ3v) is 3.01. The van der Waals surface area contributed by atoms with E-state index in [4.69, 9.17) is 10.5 Å². The van der Waals surface area contributed by atoms with Gasteiger partial charge in [0.15, 0.2) is 0 Å². The number of methoxy groups -OCH3 is 1. The van der Waals surface area contributed by atoms with Gasteiger partial charge in [0.2, 0.25) is 0 Å². The molecule has 0 aromatic heterocycles. The molecule has 0 bridgehead atoms. The third-order valence-electron chi connectivity index (χ3n) is 3.01. The summed E-state index contributed by atoms with van der Waals surface area (Å²) < 4.78 is 31.7. The van der Waals surface area contributed by atoms with Crippen LogP contribution in [0.3, 0.4) is 0 Å². The maximum Gasteiger partial charge on any atom is 0.146 e. The van der Waals surface area contributed by atoms with Gasteiger partial charge in [-0.05, 0) is 29.8 Å². The van der Waals surface area contributed by atoms with Crippen molar-refractivity contribution in [2.75, 3.05) is 19.0 Å². The van der Waals surface area contributed by atoms with E-state index in [9.17, 15) is 8.78 Å². The Morgan fingerprint density at radius 3 is 2.45 bits per heavy atom. The second kappa shape index (κ2) is 6.34. The largest absolute Gasteiger partial charge is 0.497 e. The Labute approximate surface area is 116 Å². The van der Waals surface area contributed by atoms with Crippen LogP contribution in [-0.2, 0) is 0 Å². The fraction of sp³-hybridized carbons (Fsp3) is 0.200. The highest BCUT2D eigenvalue weighted by atomic mass is 19.1. The van der Waals surface area contributed by atoms with Crippen LogP contribution < -0.4 is 15.8 Å². The molecule has 0 saturated carbocycles. The smallest absolute Gasteiger partial charge is 0.146 e. The maximum absolute atomic E-state index is 13.8. The van der Waals surface area contributed by atoms with Crippen LogP contribution >= 0.6 is 0 Å². The van der Waals surface area contributed by atoms with E-state index in [1.54, 1.807) is 18.2 Å². The quantitative estimate of drug-likeness (QED) is 0.883. The Hall–Kier alpha value is -2.14. The summed E-state index contributed by atoms with van der Waals surface area (Å²) in [6.07, 6.45) is 0. The summed E-state index contributed by atoms with van der Waals surface area (Å²) >= 11 is 0. The van der Waals surface area contributed by atoms with Gasteiger partial charge in [0.05, 0.1) is 18.8 Å². The van der Waals surface area contributed by atoms with E-state index >= 15 is 0 Å². The lowest BCUT2D eigenvalue weighted by Crippen LogP contribution is -2.21. The lowest BCUT2D eigenvalue weighted by atomic mass is 10.1. The number of rotatable bonds is 5. The SMILES string of the molecule is COc1ccc(F)c(NC(CN)c2ccc(F)cc2)c1. The van der Waals surface area contributed by atoms with Crippen molar-refractivity contribution in [1.82, 2.24) is 0 Å². The molecule has 1 atom stereocenters. The molecule has 0 saturated heterocycles. The molecule has 0 heterocycles. The van der Waals surface area contributed by atoms with Gasteiger partial charge < -0.3 is 15.8 Å². The van der Waals surface area contributed by atoms with Crippen molar-refractivity contribution in [3.63, 3.8) is 0 Å². The first kappa shape index (κ1) is 14.3. The highest BCUT2D eigenvalue weighted by Crippen LogP contribution is 2.25. The summed E-state index contributed by atoms with van der Waals surface area (Å²) in [6, 6.07) is 10.0. The van der Waals surface area contributed by atoms with Crippen LogP contribution in [0.15, 0.2) is 42.5 Å². The first-order chi connectivity index (χ1) is 9.63. The average molecular weight is 278 g/mol. The van der Waals surface area contributed by atoms with Crippen molar-refractivity contribution in [3.05, 3.63) is 59.7 Å². The minimum absolute atomic E-state index is 0.252. The first-order valence-electron chi connectivity index (χ1n) is 6.19. The standard InChI is InChI=1S/C15H16F2N2O/c1-20-12-6-7-13(17)14(8-12)19-15(9-18)10-2-4-11(16)5-3-10/h2-8,15,19H,9,18H2,1H3. The highest BCUT2D eigenvalue weighted by Gasteiger charge is 2.12. The van der Waals surface area contributed by atoms with Crippen molar-refractivity contribution in [2.24, 2.45) is 5.73 Å². The van der Waals surface area contributed by atoms with Gasteiger partial charge in [-0.1, -0.05) is 12.1 Å². The molecule has 1 unspecified atom stereocenters. The summed E-state index contributed by atoms with van der Waals surface area (Å²) in [5, 5.41) is 3.00. The van der Waals surface area contributed by atoms with E-state index in [0.29, 0.717) is 11.4 Å². The molecule has 20 heavy (non-hydrogen) atoms. The minimum atomic E-state index is -0.397. The number of nitrogens with two attached hydrogens (primary N) is 1. The zero-order chi connectivity index (χ0) is 14.5. The second-order valence-corrected chi connectivity index (χ2v) is 4.33. The molecule has 0 aliphatic rings. The van der Waals surface area contributed by atoms with E-state index in [-0.39, 0.29) is 18.4 Å². The van der Waals surface area contributed by atoms with Crippen molar-refractivity contribution in [1.29, 1.82) is 0 Å². The Kier molecular flexibility index (Phi) is 4.53. The molecule has 3 N–H and O–H groups in total. The summed E-state index contributed by atoms with van der Waals surface area (Å²) in [7, 11) is 1.51. The van der Waals surface area contributed by atoms with E-state index in [1.807, 2.05) is 0 Å². The molecule has 3 nitrogen and oxygen atoms in total. The number of ether oxygens (including phenoxy) is 1. The highest BCUT2D eigenvalue weighted by molar-refractivity contribution is 5.51. The van der Waals surface area contributed by atoms with Crippen LogP contribution in [-0.4, -0.2) is 13.7 Å². The fourth-order valence-corrected chi connectivity index (χ4v) is 1.90. The Morgan fingerprint density at radius 2 is 1.85 bits per heavy atom. The number of halogens is 2. The van der Waals surface area contributed by atoms with Crippen LogP contribution in [0.2, 0.25) is 0 Å². The molecule has 0 spiro atoms. The Morgan fingerprint density at radius 1 is 1.15 bits per heavy atom. The van der Waals surface area contributed by atoms with Crippen LogP contribution in [0, 0.1) is 11.6 Å². The molecule has 0 aliphatic heterocycles. The topological polar surface area (TPSA) is 47.3 Å². The van der Waals surface area contributed by atoms with E-state index < -0.39 is 5.82 Å². The fourth-order valence-electron chi connectivity index (χ4n) is 1.90. The molecular formula is C15H16F2N2O. The van der Waals surface area contributed by atoms with Crippen molar-refractivity contribution >= 4 is 5.69 Å². The lowest BCUT2D eigenvalue weighted by molar-refractivity contribution is 0.414. The van der Waals surface area contributed by atoms with E-state index in [1.165, 1.54) is 31.4 Å². The number of benzene rings is 2. The molecule has 0 aliphatic carbocycles. The number of hydrogen-bond acceptors (Lipinski definition) is 3. The molecule has 2 rings (SSSR count). The Balaban J connectivity index is 2.23. The predicted molar refractivity (Wildman–Crippen MR) is 74.8 cm³/mol. The Bertz CT molecular complexity index is 573. The van der Waals surface area contributed by atoms with Gasteiger partial charge in [-0.2, -0.15) is 0 Å². The van der Waals surface area contributed by atoms with Gasteiger partial charge in [0.1, 0.15) is 17.4 Å². The van der Waals surface area contributed by atoms with Gasteiger partial charge in [-0.25, -0.2) is 8.78 Å². The zero-order valence-electron chi connectivity index (χ0n) is 11.1. The first-order valence-corrected chi connectivity index (χ1v) is 6.19. The van der Waals surface area contributed by atoms with Gasteiger partial charge in [0.25, 0.3) is 0 Å². The predicted octanol–water partition coefficient (Wildman–Crippen LogP) is 3.09. The van der Waals surface area contributed by atoms with Crippen molar-refractivity contribution in [2.45, 2.75) is 6.04 Å². The molecule has 0 radical (unpaired) electrons. The maximum atomic E-state index is 13.8. The molecule has 2 aromatic carbocycles. The van der Waals surface area contributed by atoms with Crippen molar-refractivity contribution in [3.8, 4) is 5.75 Å². The molecule has 2 aromatic rings. The lowest BCUT2D eigenvalue weighted by Gasteiger charge is -2.19. The number of anilines is 1. The third kappa shape index (κ3) is 3.24. The monoisotopic (exact) mass is 278 g/mol. The van der Waals surface area contributed by atoms with Crippen molar-refractivity contribution < 1.29 is 13.5 Å². The average Bonchev–Trinajstić information content (AvgIpc) is 2.47. The van der Waals surface area contributed by atoms with Crippen LogP contribution in [0.5, 0.6) is 5.75 Å². The van der Waals surface area contributed by atoms with Crippen LogP contribution in [0.25, 0.3) is 0 Å². The summed E-state index contributed by atoms with van der Waals surface area (Å²) in [5.74, 6) is -0.174. The van der Waals surface area contributed by atoms with Crippen LogP contribution in [0.1, 0.15) is 11.6 Å². The second-order valence-electron chi connectivity index (χ2n) is 4.33. The molecule has 0 fully saturated rings. The van der Waals surface area contributed by atoms with Crippen LogP contribution in [0.4, 0.5) is 14.5 Å². The summed E-state index contributed by atoms with van der Waals surface area (Å²) in [5.41, 5.74) is 6.78. The molecule has 0 amide bonds. The number of hydrogen-bond donors (Lipinski definition) is 2. The number of nitrogens with one attached hydrogen (secondary N) is 1. The van der Waals surface area contributed by atoms with E-state index in [0.717, 1.165) is 5.56 Å². The summed E-state index contributed by atoms with van der Waals surface area (Å²) in [6.45, 7) is 0.252. The van der Waals surface area contributed by atoms with Gasteiger partial charge in [0, 0.05) is 12.6 Å². The van der Waals surface area contributed by atoms with Gasteiger partial charge in [-0.15, -0.1) is 0 Å². The van der Waals surface area contributed by atoms with Gasteiger partial charge >= 0.3 is 0 Å². The molecular weight excluding hydrogens is 262 g/mol. The zero-order valence-corrected chi connectivity index (χ0v) is 11.1. The minimum Gasteiger partial charge on any atom is -0.497 e. The van der Waals surface area contributed by atoms with Gasteiger partial charge in [-0.3, -0.25) is 0 Å². The summed E-state index contributed by atoms with van der Waals surface area (Å²) in [4.78, 5) is 0. The molecule has 106 valence electrons. The normalized spacial score (nSPS) is 12.0.